The molecule has 0 saturated carbocycles. The summed E-state index contributed by atoms with van der Waals surface area (Å²) in [7, 11) is -2.06. The minimum Gasteiger partial charge on any atom is -0.349 e. The molecule has 0 saturated heterocycles. The maximum absolute atomic E-state index is 12.1. The summed E-state index contributed by atoms with van der Waals surface area (Å²) < 4.78 is 27.8. The van der Waals surface area contributed by atoms with Crippen LogP contribution < -0.4 is 10.0 Å². The molecular weight excluding hydrogens is 366 g/mol. The van der Waals surface area contributed by atoms with Gasteiger partial charge < -0.3 is 9.88 Å². The van der Waals surface area contributed by atoms with Gasteiger partial charge in [0.15, 0.2) is 5.82 Å². The van der Waals surface area contributed by atoms with Crippen molar-refractivity contribution in [3.8, 4) is 0 Å². The second-order valence-electron chi connectivity index (χ2n) is 6.62. The molecule has 1 aromatic carbocycles. The highest BCUT2D eigenvalue weighted by molar-refractivity contribution is 7.89. The number of sulfonamides is 1. The van der Waals surface area contributed by atoms with Gasteiger partial charge in [0.25, 0.3) is 0 Å². The maximum Gasteiger partial charge on any atom is 0.240 e. The molecule has 0 aliphatic carbocycles. The first-order valence-electron chi connectivity index (χ1n) is 9.20. The van der Waals surface area contributed by atoms with E-state index in [1.807, 2.05) is 0 Å². The number of hydrogen-bond acceptors (Lipinski definition) is 5. The van der Waals surface area contributed by atoms with Gasteiger partial charge in [-0.3, -0.25) is 4.79 Å². The Hall–Kier alpha value is -2.26. The van der Waals surface area contributed by atoms with Crippen LogP contribution in [0.1, 0.15) is 42.9 Å². The van der Waals surface area contributed by atoms with Crippen molar-refractivity contribution in [2.45, 2.75) is 56.5 Å². The number of carbonyl (C=O) groups is 1. The van der Waals surface area contributed by atoms with Gasteiger partial charge in [-0.15, -0.1) is 10.2 Å². The molecule has 2 heterocycles. The summed E-state index contributed by atoms with van der Waals surface area (Å²) in [5, 5.41) is 11.3. The first-order valence-corrected chi connectivity index (χ1v) is 10.7. The number of hydrogen-bond donors (Lipinski definition) is 2. The molecular formula is C18H25N5O3S. The molecule has 1 amide bonds. The van der Waals surface area contributed by atoms with Crippen LogP contribution in [-0.2, 0) is 40.7 Å². The third kappa shape index (κ3) is 4.92. The van der Waals surface area contributed by atoms with Crippen LogP contribution >= 0.6 is 0 Å². The third-order valence-corrected chi connectivity index (χ3v) is 6.20. The van der Waals surface area contributed by atoms with E-state index < -0.39 is 10.0 Å². The van der Waals surface area contributed by atoms with Crippen molar-refractivity contribution >= 4 is 15.9 Å². The molecule has 146 valence electrons. The SMILES string of the molecule is CNS(=O)(=O)c1ccc(CCC(=O)NCc2nnc3n2CCCCC3)cc1. The Labute approximate surface area is 159 Å². The van der Waals surface area contributed by atoms with E-state index in [1.165, 1.54) is 13.5 Å². The predicted octanol–water partition coefficient (Wildman–Crippen LogP) is 1.16. The number of nitrogens with one attached hydrogen (secondary N) is 2. The van der Waals surface area contributed by atoms with Crippen molar-refractivity contribution in [1.82, 2.24) is 24.8 Å². The molecule has 27 heavy (non-hydrogen) atoms. The zero-order valence-corrected chi connectivity index (χ0v) is 16.3. The number of nitrogens with zero attached hydrogens (tertiary/aromatic N) is 3. The van der Waals surface area contributed by atoms with E-state index in [2.05, 4.69) is 24.8 Å². The number of amides is 1. The molecule has 0 atom stereocenters. The summed E-state index contributed by atoms with van der Waals surface area (Å²) in [5.41, 5.74) is 0.913. The van der Waals surface area contributed by atoms with Gasteiger partial charge in [0.2, 0.25) is 15.9 Å². The average molecular weight is 391 g/mol. The van der Waals surface area contributed by atoms with Gasteiger partial charge in [-0.25, -0.2) is 13.1 Å². The van der Waals surface area contributed by atoms with Crippen molar-refractivity contribution in [3.63, 3.8) is 0 Å². The van der Waals surface area contributed by atoms with Crippen molar-refractivity contribution in [2.75, 3.05) is 7.05 Å². The smallest absolute Gasteiger partial charge is 0.240 e. The standard InChI is InChI=1S/C18H25N5O3S/c1-19-27(25,26)15-9-6-14(7-10-15)8-11-18(24)20-13-17-22-21-16-5-3-2-4-12-23(16)17/h6-7,9-10,19H,2-5,8,11-13H2,1H3,(H,20,24). The topological polar surface area (TPSA) is 106 Å². The van der Waals surface area contributed by atoms with Crippen LogP contribution in [0.5, 0.6) is 0 Å². The monoisotopic (exact) mass is 391 g/mol. The second kappa shape index (κ2) is 8.62. The Morgan fingerprint density at radius 2 is 1.93 bits per heavy atom. The predicted molar refractivity (Wildman–Crippen MR) is 100 cm³/mol. The van der Waals surface area contributed by atoms with E-state index in [9.17, 15) is 13.2 Å². The molecule has 0 fully saturated rings. The molecule has 0 bridgehead atoms. The van der Waals surface area contributed by atoms with Crippen molar-refractivity contribution in [2.24, 2.45) is 0 Å². The zero-order chi connectivity index (χ0) is 19.3. The molecule has 8 nitrogen and oxygen atoms in total. The Balaban J connectivity index is 1.50. The lowest BCUT2D eigenvalue weighted by Gasteiger charge is -2.08. The Morgan fingerprint density at radius 1 is 1.15 bits per heavy atom. The first-order chi connectivity index (χ1) is 13.0. The summed E-state index contributed by atoms with van der Waals surface area (Å²) in [4.78, 5) is 12.4. The average Bonchev–Trinajstić information content (AvgIpc) is 2.91. The van der Waals surface area contributed by atoms with E-state index in [1.54, 1.807) is 24.3 Å². The fourth-order valence-corrected chi connectivity index (χ4v) is 3.88. The molecule has 0 spiro atoms. The molecule has 1 aliphatic rings. The van der Waals surface area contributed by atoms with Gasteiger partial charge in [-0.1, -0.05) is 18.6 Å². The lowest BCUT2D eigenvalue weighted by Crippen LogP contribution is -2.25. The number of fused-ring (bicyclic) bond motifs is 1. The summed E-state index contributed by atoms with van der Waals surface area (Å²) in [5.74, 6) is 1.75. The molecule has 2 N–H and O–H groups in total. The minimum absolute atomic E-state index is 0.0621. The van der Waals surface area contributed by atoms with E-state index in [-0.39, 0.29) is 10.8 Å². The fourth-order valence-electron chi connectivity index (χ4n) is 3.15. The van der Waals surface area contributed by atoms with Crippen molar-refractivity contribution < 1.29 is 13.2 Å². The molecule has 1 aromatic heterocycles. The number of carbonyl (C=O) groups excluding carboxylic acids is 1. The third-order valence-electron chi connectivity index (χ3n) is 4.77. The van der Waals surface area contributed by atoms with E-state index in [0.717, 1.165) is 43.0 Å². The Bertz CT molecular complexity index is 890. The van der Waals surface area contributed by atoms with E-state index in [0.29, 0.717) is 19.4 Å². The van der Waals surface area contributed by atoms with Crippen LogP contribution in [0.4, 0.5) is 0 Å². The van der Waals surface area contributed by atoms with Crippen LogP contribution in [0.25, 0.3) is 0 Å². The highest BCUT2D eigenvalue weighted by Gasteiger charge is 2.15. The van der Waals surface area contributed by atoms with Crippen LogP contribution in [0.15, 0.2) is 29.2 Å². The molecule has 3 rings (SSSR count). The van der Waals surface area contributed by atoms with Crippen LogP contribution in [0, 0.1) is 0 Å². The van der Waals surface area contributed by atoms with Gasteiger partial charge in [0.05, 0.1) is 11.4 Å². The molecule has 1 aliphatic heterocycles. The zero-order valence-electron chi connectivity index (χ0n) is 15.4. The van der Waals surface area contributed by atoms with Crippen LogP contribution in [0.2, 0.25) is 0 Å². The van der Waals surface area contributed by atoms with E-state index >= 15 is 0 Å². The second-order valence-corrected chi connectivity index (χ2v) is 8.51. The highest BCUT2D eigenvalue weighted by atomic mass is 32.2. The summed E-state index contributed by atoms with van der Waals surface area (Å²) in [6, 6.07) is 6.56. The molecule has 0 radical (unpaired) electrons. The summed E-state index contributed by atoms with van der Waals surface area (Å²) in [6.45, 7) is 1.29. The Kier molecular flexibility index (Phi) is 6.22. The van der Waals surface area contributed by atoms with Crippen LogP contribution in [0.3, 0.4) is 0 Å². The van der Waals surface area contributed by atoms with E-state index in [4.69, 9.17) is 0 Å². The Morgan fingerprint density at radius 3 is 2.67 bits per heavy atom. The summed E-state index contributed by atoms with van der Waals surface area (Å²) >= 11 is 0. The van der Waals surface area contributed by atoms with Gasteiger partial charge in [-0.05, 0) is 44.0 Å². The van der Waals surface area contributed by atoms with Gasteiger partial charge in [0.1, 0.15) is 5.82 Å². The fraction of sp³-hybridized carbons (Fsp3) is 0.500. The van der Waals surface area contributed by atoms with Crippen LogP contribution in [-0.4, -0.2) is 36.1 Å². The van der Waals surface area contributed by atoms with Crippen molar-refractivity contribution in [3.05, 3.63) is 41.5 Å². The number of aromatic nitrogens is 3. The molecule has 0 unspecified atom stereocenters. The largest absolute Gasteiger partial charge is 0.349 e. The first kappa shape index (κ1) is 19.5. The number of aryl methyl sites for hydroxylation is 2. The maximum atomic E-state index is 12.1. The van der Waals surface area contributed by atoms with Gasteiger partial charge >= 0.3 is 0 Å². The van der Waals surface area contributed by atoms with Crippen molar-refractivity contribution in [1.29, 1.82) is 0 Å². The minimum atomic E-state index is -3.43. The lowest BCUT2D eigenvalue weighted by atomic mass is 10.1. The lowest BCUT2D eigenvalue weighted by molar-refractivity contribution is -0.121. The molecule has 9 heteroatoms. The van der Waals surface area contributed by atoms with Gasteiger partial charge in [0, 0.05) is 19.4 Å². The summed E-state index contributed by atoms with van der Waals surface area (Å²) in [6.07, 6.45) is 5.27. The number of rotatable bonds is 7. The normalized spacial score (nSPS) is 14.4. The van der Waals surface area contributed by atoms with Gasteiger partial charge in [-0.2, -0.15) is 0 Å². The molecule has 2 aromatic rings. The highest BCUT2D eigenvalue weighted by Crippen LogP contribution is 2.14. The quantitative estimate of drug-likeness (QED) is 0.737. The number of benzene rings is 1.